The van der Waals surface area contributed by atoms with Crippen molar-refractivity contribution in [1.29, 1.82) is 0 Å². The van der Waals surface area contributed by atoms with E-state index in [1.807, 2.05) is 0 Å². The standard InChI is InChI=1S/C39H48O17/c1-5-8-19-11-13-25(26(15-19)49-3)53-38-34(46)33(45)31(43)28(55-38)18-51-29(41)10-7-9-22-21(6-2)37(52-24-14-12-20(16-23(22)24)36(48)50-4)56-39-35(47)32(44)30(42)27(17-40)54-39/h5-7,9,11-16,21-22,27-28,30-35,37-40,42-47H,1-2,8,10,17-18H2,3-4H3/b9-7+/t21-,22+,27-,28-,30-,31-,32+,33+,34-,35-,37+,38-,39+/m1/s1. The second-order valence-corrected chi connectivity index (χ2v) is 13.3. The molecule has 0 bridgehead atoms. The Kier molecular flexibility index (Phi) is 14.6. The maximum absolute atomic E-state index is 13.0. The lowest BCUT2D eigenvalue weighted by molar-refractivity contribution is -0.333. The third-order valence-corrected chi connectivity index (χ3v) is 9.71. The first-order chi connectivity index (χ1) is 26.8. The van der Waals surface area contributed by atoms with E-state index in [1.54, 1.807) is 36.4 Å². The van der Waals surface area contributed by atoms with Gasteiger partial charge in [-0.05, 0) is 42.3 Å². The summed E-state index contributed by atoms with van der Waals surface area (Å²) in [4.78, 5) is 25.4. The summed E-state index contributed by atoms with van der Waals surface area (Å²) >= 11 is 0. The average molecular weight is 789 g/mol. The molecule has 56 heavy (non-hydrogen) atoms. The highest BCUT2D eigenvalue weighted by molar-refractivity contribution is 5.90. The van der Waals surface area contributed by atoms with Gasteiger partial charge in [0.05, 0.1) is 32.8 Å². The highest BCUT2D eigenvalue weighted by atomic mass is 16.8. The smallest absolute Gasteiger partial charge is 0.337 e. The van der Waals surface area contributed by atoms with Crippen LogP contribution in [0.1, 0.15) is 33.8 Å². The molecule has 3 aliphatic rings. The highest BCUT2D eigenvalue weighted by Gasteiger charge is 2.48. The van der Waals surface area contributed by atoms with E-state index >= 15 is 0 Å². The Bertz CT molecular complexity index is 1710. The number of hydrogen-bond acceptors (Lipinski definition) is 17. The maximum atomic E-state index is 13.0. The minimum Gasteiger partial charge on any atom is -0.493 e. The van der Waals surface area contributed by atoms with Gasteiger partial charge in [0.15, 0.2) is 17.8 Å². The molecule has 2 saturated heterocycles. The number of esters is 2. The lowest BCUT2D eigenvalue weighted by Gasteiger charge is -2.43. The topological polar surface area (TPSA) is 250 Å². The van der Waals surface area contributed by atoms with E-state index in [4.69, 9.17) is 37.9 Å². The molecule has 5 rings (SSSR count). The van der Waals surface area contributed by atoms with E-state index in [2.05, 4.69) is 13.2 Å². The number of aliphatic hydroxyl groups is 7. The normalized spacial score (nSPS) is 32.8. The molecule has 3 heterocycles. The summed E-state index contributed by atoms with van der Waals surface area (Å²) < 4.78 is 44.7. The zero-order valence-corrected chi connectivity index (χ0v) is 30.7. The van der Waals surface area contributed by atoms with Gasteiger partial charge in [0.2, 0.25) is 12.6 Å². The van der Waals surface area contributed by atoms with Crippen molar-refractivity contribution < 1.29 is 83.2 Å². The second-order valence-electron chi connectivity index (χ2n) is 13.3. The summed E-state index contributed by atoms with van der Waals surface area (Å²) in [7, 11) is 2.66. The van der Waals surface area contributed by atoms with Crippen LogP contribution >= 0.6 is 0 Å². The third kappa shape index (κ3) is 9.41. The van der Waals surface area contributed by atoms with E-state index in [0.717, 1.165) is 5.56 Å². The molecule has 2 aromatic rings. The molecule has 306 valence electrons. The van der Waals surface area contributed by atoms with Crippen LogP contribution in [0.5, 0.6) is 17.2 Å². The Labute approximate surface area is 322 Å². The second kappa shape index (κ2) is 19.2. The fourth-order valence-electron chi connectivity index (χ4n) is 6.59. The molecule has 2 aromatic carbocycles. The van der Waals surface area contributed by atoms with Gasteiger partial charge in [0.1, 0.15) is 61.2 Å². The van der Waals surface area contributed by atoms with Gasteiger partial charge in [-0.3, -0.25) is 4.79 Å². The summed E-state index contributed by atoms with van der Waals surface area (Å²) in [6, 6.07) is 9.58. The van der Waals surface area contributed by atoms with Crippen molar-refractivity contribution in [3.8, 4) is 17.2 Å². The van der Waals surface area contributed by atoms with Crippen LogP contribution in [0.2, 0.25) is 0 Å². The van der Waals surface area contributed by atoms with E-state index in [-0.39, 0.29) is 23.5 Å². The van der Waals surface area contributed by atoms with Crippen LogP contribution in [0.4, 0.5) is 0 Å². The molecule has 7 N–H and O–H groups in total. The van der Waals surface area contributed by atoms with Crippen LogP contribution in [-0.4, -0.2) is 143 Å². The number of ether oxygens (including phenoxy) is 8. The molecule has 0 unspecified atom stereocenters. The molecular formula is C39H48O17. The predicted molar refractivity (Wildman–Crippen MR) is 192 cm³/mol. The molecule has 0 amide bonds. The molecule has 13 atom stereocenters. The number of hydrogen-bond donors (Lipinski definition) is 7. The van der Waals surface area contributed by atoms with Crippen molar-refractivity contribution in [3.05, 3.63) is 90.6 Å². The monoisotopic (exact) mass is 788 g/mol. The fourth-order valence-corrected chi connectivity index (χ4v) is 6.59. The van der Waals surface area contributed by atoms with Gasteiger partial charge < -0.3 is 73.6 Å². The Balaban J connectivity index is 1.28. The molecule has 0 aliphatic carbocycles. The van der Waals surface area contributed by atoms with Gasteiger partial charge in [-0.15, -0.1) is 13.2 Å². The molecule has 3 aliphatic heterocycles. The molecule has 0 saturated carbocycles. The van der Waals surface area contributed by atoms with Crippen molar-refractivity contribution >= 4 is 11.9 Å². The number of carbonyl (C=O) groups is 2. The molecule has 17 heteroatoms. The van der Waals surface area contributed by atoms with Crippen molar-refractivity contribution in [2.45, 2.75) is 86.5 Å². The summed E-state index contributed by atoms with van der Waals surface area (Å²) in [6.07, 6.45) is -10.2. The average Bonchev–Trinajstić information content (AvgIpc) is 3.20. The van der Waals surface area contributed by atoms with Crippen LogP contribution in [0.3, 0.4) is 0 Å². The van der Waals surface area contributed by atoms with Crippen LogP contribution < -0.4 is 14.2 Å². The van der Waals surface area contributed by atoms with Gasteiger partial charge in [-0.2, -0.15) is 0 Å². The number of carbonyl (C=O) groups excluding carboxylic acids is 2. The summed E-state index contributed by atoms with van der Waals surface area (Å²) in [6.45, 7) is 6.41. The molecular weight excluding hydrogens is 740 g/mol. The van der Waals surface area contributed by atoms with E-state index < -0.39 is 105 Å². The van der Waals surface area contributed by atoms with Gasteiger partial charge in [-0.25, -0.2) is 4.79 Å². The molecule has 2 fully saturated rings. The van der Waals surface area contributed by atoms with Crippen LogP contribution in [0.15, 0.2) is 73.9 Å². The van der Waals surface area contributed by atoms with Crippen molar-refractivity contribution in [1.82, 2.24) is 0 Å². The van der Waals surface area contributed by atoms with Crippen LogP contribution in [0.25, 0.3) is 0 Å². The van der Waals surface area contributed by atoms with Crippen molar-refractivity contribution in [3.63, 3.8) is 0 Å². The number of fused-ring (bicyclic) bond motifs is 1. The lowest BCUT2D eigenvalue weighted by Crippen LogP contribution is -2.60. The Hall–Kier alpha value is -4.40. The molecule has 0 radical (unpaired) electrons. The highest BCUT2D eigenvalue weighted by Crippen LogP contribution is 2.44. The first kappa shape index (κ1) is 42.7. The number of aliphatic hydroxyl groups excluding tert-OH is 7. The van der Waals surface area contributed by atoms with Crippen molar-refractivity contribution in [2.75, 3.05) is 27.4 Å². The van der Waals surface area contributed by atoms with E-state index in [1.165, 1.54) is 38.5 Å². The minimum atomic E-state index is -1.72. The van der Waals surface area contributed by atoms with E-state index in [0.29, 0.717) is 17.7 Å². The quantitative estimate of drug-likeness (QED) is 0.0927. The molecule has 17 nitrogen and oxygen atoms in total. The first-order valence-electron chi connectivity index (χ1n) is 17.8. The van der Waals surface area contributed by atoms with Crippen LogP contribution in [0, 0.1) is 5.92 Å². The lowest BCUT2D eigenvalue weighted by atomic mass is 9.81. The number of rotatable bonds is 15. The summed E-state index contributed by atoms with van der Waals surface area (Å²) in [5, 5.41) is 72.6. The van der Waals surface area contributed by atoms with Gasteiger partial charge in [-0.1, -0.05) is 30.4 Å². The number of benzene rings is 2. The van der Waals surface area contributed by atoms with Gasteiger partial charge in [0, 0.05) is 17.4 Å². The molecule has 0 aromatic heterocycles. The third-order valence-electron chi connectivity index (χ3n) is 9.71. The Morgan fingerprint density at radius 1 is 0.821 bits per heavy atom. The van der Waals surface area contributed by atoms with Gasteiger partial charge >= 0.3 is 11.9 Å². The first-order valence-corrected chi connectivity index (χ1v) is 17.8. The SMILES string of the molecule is C=CCc1ccc(O[C@@H]2O[C@H](COC(=O)C/C=C/[C@@H]3c4cc(C(=O)OC)ccc4O[C@@H](O[C@@H]4O[C@H](CO)[C@@H](O)[C@H](O)[C@H]4O)[C@@H]3C=C)[C@@H](O)[C@H](O)[C@H]2O)c(OC)c1. The zero-order valence-electron chi connectivity index (χ0n) is 30.7. The fraction of sp³-hybridized carbons (Fsp3) is 0.487. The van der Waals surface area contributed by atoms with E-state index in [9.17, 15) is 45.3 Å². The maximum Gasteiger partial charge on any atom is 0.337 e. The predicted octanol–water partition coefficient (Wildman–Crippen LogP) is 0.00720. The summed E-state index contributed by atoms with van der Waals surface area (Å²) in [5.41, 5.74) is 1.57. The number of allylic oxidation sites excluding steroid dienone is 2. The minimum absolute atomic E-state index is 0.195. The van der Waals surface area contributed by atoms with Crippen LogP contribution in [-0.2, 0) is 34.9 Å². The largest absolute Gasteiger partial charge is 0.493 e. The number of methoxy groups -OCH3 is 2. The summed E-state index contributed by atoms with van der Waals surface area (Å²) in [5.74, 6) is -2.03. The van der Waals surface area contributed by atoms with Gasteiger partial charge in [0.25, 0.3) is 0 Å². The molecule has 0 spiro atoms. The Morgan fingerprint density at radius 2 is 1.52 bits per heavy atom. The Morgan fingerprint density at radius 3 is 2.18 bits per heavy atom. The zero-order chi connectivity index (χ0) is 40.7. The van der Waals surface area contributed by atoms with Crippen molar-refractivity contribution in [2.24, 2.45) is 5.92 Å².